The average molecular weight is 836 g/mol. The van der Waals surface area contributed by atoms with Gasteiger partial charge in [0.2, 0.25) is 5.91 Å². The maximum Gasteiger partial charge on any atom is 0.262 e. The zero-order valence-electron chi connectivity index (χ0n) is 28.1. The summed E-state index contributed by atoms with van der Waals surface area (Å²) in [4.78, 5) is 30.9. The lowest BCUT2D eigenvalue weighted by Gasteiger charge is -2.29. The van der Waals surface area contributed by atoms with E-state index in [0.29, 0.717) is 30.7 Å². The maximum atomic E-state index is 14.2. The smallest absolute Gasteiger partial charge is 0.262 e. The maximum absolute atomic E-state index is 14.2. The van der Waals surface area contributed by atoms with Crippen molar-refractivity contribution in [2.24, 2.45) is 5.92 Å². The van der Waals surface area contributed by atoms with Crippen molar-refractivity contribution >= 4 is 56.8 Å². The molecule has 0 unspecified atom stereocenters. The minimum Gasteiger partial charge on any atom is -0.342 e. The number of sulfone groups is 1. The summed E-state index contributed by atoms with van der Waals surface area (Å²) in [6.07, 6.45) is -2.19. The fourth-order valence-corrected chi connectivity index (χ4v) is 7.04. The molecule has 1 aliphatic heterocycles. The Morgan fingerprint density at radius 1 is 0.849 bits per heavy atom. The van der Waals surface area contributed by atoms with Gasteiger partial charge in [0.05, 0.1) is 20.5 Å². The third-order valence-electron chi connectivity index (χ3n) is 8.07. The predicted molar refractivity (Wildman–Crippen MR) is 183 cm³/mol. The van der Waals surface area contributed by atoms with Crippen molar-refractivity contribution in [3.8, 4) is 0 Å². The van der Waals surface area contributed by atoms with Gasteiger partial charge in [-0.25, -0.2) is 43.5 Å². The van der Waals surface area contributed by atoms with E-state index in [4.69, 9.17) is 23.2 Å². The fraction of sp³-hybridized carbons (Fsp3) is 0.424. The molecule has 1 aromatic heterocycles. The van der Waals surface area contributed by atoms with Crippen molar-refractivity contribution in [3.63, 3.8) is 0 Å². The van der Waals surface area contributed by atoms with Crippen LogP contribution >= 0.6 is 35.1 Å². The highest BCUT2D eigenvalue weighted by atomic mass is 35.5. The van der Waals surface area contributed by atoms with Gasteiger partial charge in [-0.2, -0.15) is 0 Å². The number of alkyl halides is 4. The molecule has 1 saturated carbocycles. The Morgan fingerprint density at radius 2 is 1.38 bits per heavy atom. The Hall–Kier alpha value is -3.19. The molecule has 0 radical (unpaired) electrons. The first-order valence-electron chi connectivity index (χ1n) is 15.6. The van der Waals surface area contributed by atoms with Crippen molar-refractivity contribution in [2.75, 3.05) is 6.26 Å². The Labute approximate surface area is 314 Å². The Kier molecular flexibility index (Phi) is 13.4. The Balaban J connectivity index is 0.000000281. The van der Waals surface area contributed by atoms with Crippen LogP contribution in [-0.2, 0) is 14.6 Å². The number of nitrogens with zero attached hydrogens (tertiary/aromatic N) is 2. The van der Waals surface area contributed by atoms with Crippen molar-refractivity contribution < 1.29 is 53.1 Å². The van der Waals surface area contributed by atoms with Crippen molar-refractivity contribution in [1.82, 2.24) is 19.9 Å². The molecule has 53 heavy (non-hydrogen) atoms. The topological polar surface area (TPSA) is 108 Å². The molecule has 0 bridgehead atoms. The number of piperidine rings is 1. The van der Waals surface area contributed by atoms with E-state index in [9.17, 15) is 53.1 Å². The third-order valence-corrected chi connectivity index (χ3v) is 10.7. The lowest BCUT2D eigenvalue weighted by atomic mass is 10.0. The highest BCUT2D eigenvalue weighted by Gasteiger charge is 2.56. The van der Waals surface area contributed by atoms with E-state index in [1.807, 2.05) is 26.1 Å². The molecule has 5 rings (SSSR count). The number of carbonyl (C=O) groups is 2. The molecule has 2 fully saturated rings. The minimum atomic E-state index is -3.65. The average Bonchev–Trinajstić information content (AvgIpc) is 3.71. The highest BCUT2D eigenvalue weighted by molar-refractivity contribution is 7.98. The molecular formula is C33H32Cl2F8N4O4S2. The van der Waals surface area contributed by atoms with Crippen LogP contribution < -0.4 is 10.0 Å². The van der Waals surface area contributed by atoms with Gasteiger partial charge in [-0.05, 0) is 69.9 Å². The van der Waals surface area contributed by atoms with Gasteiger partial charge in [0.1, 0.15) is 41.4 Å². The van der Waals surface area contributed by atoms with Crippen LogP contribution in [0, 0.1) is 29.2 Å². The van der Waals surface area contributed by atoms with Crippen LogP contribution in [0.3, 0.4) is 0 Å². The molecule has 2 aromatic carbocycles. The van der Waals surface area contributed by atoms with Gasteiger partial charge in [0, 0.05) is 40.6 Å². The number of nitrogens with one attached hydrogen (secondary N) is 2. The van der Waals surface area contributed by atoms with Gasteiger partial charge < -0.3 is 10.2 Å². The minimum absolute atomic E-state index is 0.0273. The molecule has 1 saturated heterocycles. The number of fused-ring (bicyclic) bond motifs is 1. The normalized spacial score (nSPS) is 19.4. The van der Waals surface area contributed by atoms with E-state index in [1.54, 1.807) is 0 Å². The van der Waals surface area contributed by atoms with E-state index in [2.05, 4.69) is 9.71 Å². The Morgan fingerprint density at radius 3 is 1.87 bits per heavy atom. The van der Waals surface area contributed by atoms with Crippen LogP contribution in [0.5, 0.6) is 0 Å². The van der Waals surface area contributed by atoms with Crippen molar-refractivity contribution in [3.05, 3.63) is 92.7 Å². The predicted octanol–water partition coefficient (Wildman–Crippen LogP) is 8.10. The number of benzene rings is 2. The van der Waals surface area contributed by atoms with Gasteiger partial charge in [-0.1, -0.05) is 35.1 Å². The van der Waals surface area contributed by atoms with Crippen LogP contribution in [-0.4, -0.2) is 66.1 Å². The zero-order valence-corrected chi connectivity index (χ0v) is 31.3. The molecule has 2 heterocycles. The molecule has 1 aliphatic carbocycles. The monoisotopic (exact) mass is 834 g/mol. The highest BCUT2D eigenvalue weighted by Crippen LogP contribution is 2.48. The molecular weight excluding hydrogens is 803 g/mol. The standard InChI is InChI=1S/C21H18ClF4N3O4S.C12H14ClF4NS/c1-34(32,33)11-2-10(7-27-8-11)21(31)29-16-3-9(16)4-17(29)20(30)28-18(19(25)26)12-5-15(24)13(22)6-14(12)23;1-12(2,3)19-18-10(11(16)17)6-4-9(15)7(13)5-8(6)14/h2,5-9,16-19H,3-4H2,1H3,(H,28,30);4-5,10-11,18H,1-3H3/t9-,16-,17-,18+;10-/m10/s1. The molecule has 2 aliphatic rings. The summed E-state index contributed by atoms with van der Waals surface area (Å²) >= 11 is 11.9. The molecule has 8 nitrogen and oxygen atoms in total. The first-order chi connectivity index (χ1) is 24.5. The molecule has 2 amide bonds. The van der Waals surface area contributed by atoms with E-state index in [1.165, 1.54) is 4.90 Å². The van der Waals surface area contributed by atoms with E-state index >= 15 is 0 Å². The number of halogens is 10. The van der Waals surface area contributed by atoms with E-state index in [0.717, 1.165) is 36.7 Å². The largest absolute Gasteiger partial charge is 0.342 e. The van der Waals surface area contributed by atoms with Crippen LogP contribution in [0.4, 0.5) is 35.1 Å². The van der Waals surface area contributed by atoms with Gasteiger partial charge in [-0.3, -0.25) is 19.3 Å². The number of hydrogen-bond acceptors (Lipinski definition) is 7. The molecule has 2 N–H and O–H groups in total. The van der Waals surface area contributed by atoms with Crippen LogP contribution in [0.15, 0.2) is 47.6 Å². The number of pyridine rings is 1. The molecule has 3 aromatic rings. The fourth-order valence-electron chi connectivity index (χ4n) is 5.44. The molecule has 5 atom stereocenters. The molecule has 290 valence electrons. The number of aromatic nitrogens is 1. The second kappa shape index (κ2) is 16.7. The summed E-state index contributed by atoms with van der Waals surface area (Å²) in [5.74, 6) is -5.91. The first kappa shape index (κ1) is 42.6. The lowest BCUT2D eigenvalue weighted by molar-refractivity contribution is -0.127. The third kappa shape index (κ3) is 10.5. The summed E-state index contributed by atoms with van der Waals surface area (Å²) in [7, 11) is -3.65. The number of likely N-dealkylation sites (tertiary alicyclic amines) is 1. The second-order valence-electron chi connectivity index (χ2n) is 13.2. The Bertz CT molecular complexity index is 1970. The summed E-state index contributed by atoms with van der Waals surface area (Å²) in [5.41, 5.74) is -1.30. The van der Waals surface area contributed by atoms with E-state index in [-0.39, 0.29) is 33.6 Å². The van der Waals surface area contributed by atoms with Gasteiger partial charge in [-0.15, -0.1) is 0 Å². The van der Waals surface area contributed by atoms with Gasteiger partial charge in [0.25, 0.3) is 18.8 Å². The van der Waals surface area contributed by atoms with E-state index < -0.39 is 97.1 Å². The van der Waals surface area contributed by atoms with Crippen LogP contribution in [0.25, 0.3) is 0 Å². The number of hydrogen-bond donors (Lipinski definition) is 2. The van der Waals surface area contributed by atoms with Gasteiger partial charge in [0.15, 0.2) is 9.84 Å². The summed E-state index contributed by atoms with van der Waals surface area (Å²) in [6, 6.07) is -1.69. The SMILES string of the molecule is CC(C)(C)SN[C@@H](c1cc(F)c(Cl)cc1F)C(F)F.CS(=O)(=O)c1cncc(C(=O)N2[C@@H](C(=O)N[C@@H](c3cc(F)c(Cl)cc3F)C(F)F)C[C@H]3C[C@H]32)c1. The number of carbonyl (C=O) groups excluding carboxylic acids is 2. The summed E-state index contributed by atoms with van der Waals surface area (Å²) in [6.45, 7) is 5.43. The van der Waals surface area contributed by atoms with Gasteiger partial charge >= 0.3 is 0 Å². The van der Waals surface area contributed by atoms with Crippen molar-refractivity contribution in [2.45, 2.75) is 80.3 Å². The summed E-state index contributed by atoms with van der Waals surface area (Å²) < 4.78 is 134. The quantitative estimate of drug-likeness (QED) is 0.121. The molecule has 20 heteroatoms. The number of rotatable bonds is 10. The molecule has 0 spiro atoms. The second-order valence-corrected chi connectivity index (χ2v) is 17.7. The summed E-state index contributed by atoms with van der Waals surface area (Å²) in [5, 5.41) is 1.000. The van der Waals surface area contributed by atoms with Crippen LogP contribution in [0.2, 0.25) is 10.0 Å². The zero-order chi connectivity index (χ0) is 39.7. The number of amides is 2. The van der Waals surface area contributed by atoms with Crippen molar-refractivity contribution in [1.29, 1.82) is 0 Å². The first-order valence-corrected chi connectivity index (χ1v) is 19.0. The van der Waals surface area contributed by atoms with Crippen LogP contribution in [0.1, 0.15) is 67.2 Å². The lowest BCUT2D eigenvalue weighted by Crippen LogP contribution is -2.49.